The summed E-state index contributed by atoms with van der Waals surface area (Å²) in [4.78, 5) is 39.9. The van der Waals surface area contributed by atoms with E-state index in [-0.39, 0.29) is 24.1 Å². The van der Waals surface area contributed by atoms with E-state index < -0.39 is 35.6 Å². The summed E-state index contributed by atoms with van der Waals surface area (Å²) in [6.07, 6.45) is 0.721. The quantitative estimate of drug-likeness (QED) is 0.341. The number of benzene rings is 1. The van der Waals surface area contributed by atoms with Crippen LogP contribution in [-0.4, -0.2) is 57.9 Å². The molecule has 172 valence electrons. The first-order valence-corrected chi connectivity index (χ1v) is 10.6. The van der Waals surface area contributed by atoms with Gasteiger partial charge in [-0.1, -0.05) is 18.2 Å². The van der Waals surface area contributed by atoms with Gasteiger partial charge in [0.05, 0.1) is 0 Å². The second kappa shape index (κ2) is 11.6. The maximum absolute atomic E-state index is 13.4. The first kappa shape index (κ1) is 26.4. The topological polar surface area (TPSA) is 108 Å². The van der Waals surface area contributed by atoms with Crippen molar-refractivity contribution in [2.24, 2.45) is 0 Å². The molecule has 0 radical (unpaired) electrons. The Labute approximate surface area is 189 Å². The van der Waals surface area contributed by atoms with Crippen molar-refractivity contribution < 1.29 is 24.2 Å². The normalized spacial score (nSPS) is 13.1. The van der Waals surface area contributed by atoms with Gasteiger partial charge in [0.15, 0.2) is 0 Å². The van der Waals surface area contributed by atoms with E-state index in [1.165, 1.54) is 23.1 Å². The fourth-order valence-corrected chi connectivity index (χ4v) is 3.08. The van der Waals surface area contributed by atoms with Gasteiger partial charge in [0.1, 0.15) is 23.4 Å². The van der Waals surface area contributed by atoms with Gasteiger partial charge in [-0.05, 0) is 52.3 Å². The molecule has 0 aromatic heterocycles. The number of hydrogen-bond donors (Lipinski definition) is 4. The maximum atomic E-state index is 13.4. The Hall–Kier alpha value is -2.68. The van der Waals surface area contributed by atoms with Gasteiger partial charge in [-0.15, -0.1) is 6.58 Å². The van der Waals surface area contributed by atoms with Crippen LogP contribution < -0.4 is 10.6 Å². The van der Waals surface area contributed by atoms with E-state index in [1.807, 2.05) is 0 Å². The average molecular weight is 452 g/mol. The highest BCUT2D eigenvalue weighted by atomic mass is 32.1. The first-order valence-electron chi connectivity index (χ1n) is 10.0. The molecule has 31 heavy (non-hydrogen) atoms. The lowest BCUT2D eigenvalue weighted by atomic mass is 10.0. The summed E-state index contributed by atoms with van der Waals surface area (Å²) in [6.45, 7) is 12.5. The minimum Gasteiger partial charge on any atom is -0.508 e. The Balaban J connectivity index is 3.31. The molecule has 9 heteroatoms. The zero-order valence-electron chi connectivity index (χ0n) is 18.7. The Morgan fingerprint density at radius 2 is 1.90 bits per heavy atom. The zero-order valence-corrected chi connectivity index (χ0v) is 19.6. The van der Waals surface area contributed by atoms with Crippen LogP contribution in [0.25, 0.3) is 0 Å². The number of phenols is 1. The van der Waals surface area contributed by atoms with Crippen LogP contribution in [0.15, 0.2) is 36.9 Å². The van der Waals surface area contributed by atoms with Crippen LogP contribution in [-0.2, 0) is 14.3 Å². The summed E-state index contributed by atoms with van der Waals surface area (Å²) in [5.74, 6) is -1.01. The molecule has 1 rings (SSSR count). The van der Waals surface area contributed by atoms with E-state index in [0.29, 0.717) is 5.56 Å². The Kier molecular flexibility index (Phi) is 9.90. The summed E-state index contributed by atoms with van der Waals surface area (Å²) >= 11 is 4.20. The molecule has 0 saturated carbocycles. The lowest BCUT2D eigenvalue weighted by Gasteiger charge is -2.33. The van der Waals surface area contributed by atoms with Gasteiger partial charge in [-0.3, -0.25) is 9.59 Å². The molecule has 8 nitrogen and oxygen atoms in total. The van der Waals surface area contributed by atoms with Gasteiger partial charge in [0.25, 0.3) is 0 Å². The number of carbonyl (C=O) groups is 3. The van der Waals surface area contributed by atoms with E-state index in [4.69, 9.17) is 4.74 Å². The predicted molar refractivity (Wildman–Crippen MR) is 123 cm³/mol. The molecule has 3 N–H and O–H groups in total. The molecule has 0 aliphatic rings. The number of alkyl carbamates (subject to hydrolysis) is 1. The largest absolute Gasteiger partial charge is 0.508 e. The molecule has 0 aliphatic carbocycles. The minimum atomic E-state index is -1.05. The number of phenolic OH excluding ortho intramolecular Hbond substituents is 1. The number of nitrogens with one attached hydrogen (secondary N) is 2. The molecule has 2 unspecified atom stereocenters. The minimum absolute atomic E-state index is 0.00964. The van der Waals surface area contributed by atoms with Crippen LogP contribution in [0, 0.1) is 0 Å². The third-order valence-corrected chi connectivity index (χ3v) is 4.32. The van der Waals surface area contributed by atoms with Crippen molar-refractivity contribution in [3.8, 4) is 5.75 Å². The van der Waals surface area contributed by atoms with Gasteiger partial charge < -0.3 is 25.4 Å². The number of nitrogens with zero attached hydrogens (tertiary/aromatic N) is 1. The molecule has 1 aromatic rings. The van der Waals surface area contributed by atoms with E-state index in [1.54, 1.807) is 46.8 Å². The molecule has 1 aromatic carbocycles. The van der Waals surface area contributed by atoms with Gasteiger partial charge in [0.2, 0.25) is 11.8 Å². The summed E-state index contributed by atoms with van der Waals surface area (Å²) in [6, 6.07) is 3.86. The molecule has 0 aliphatic heterocycles. The molecular formula is C22H33N3O5S. The average Bonchev–Trinajstić information content (AvgIpc) is 2.63. The zero-order chi connectivity index (χ0) is 23.8. The van der Waals surface area contributed by atoms with Crippen molar-refractivity contribution in [1.82, 2.24) is 15.5 Å². The number of ether oxygens (including phenoxy) is 1. The lowest BCUT2D eigenvalue weighted by Crippen LogP contribution is -2.54. The van der Waals surface area contributed by atoms with Crippen molar-refractivity contribution in [3.63, 3.8) is 0 Å². The first-order chi connectivity index (χ1) is 14.4. The molecule has 0 bridgehead atoms. The molecule has 0 heterocycles. The molecule has 0 fully saturated rings. The van der Waals surface area contributed by atoms with Crippen molar-refractivity contribution in [2.75, 3.05) is 12.3 Å². The number of aromatic hydroxyl groups is 1. The predicted octanol–water partition coefficient (Wildman–Crippen LogP) is 2.80. The summed E-state index contributed by atoms with van der Waals surface area (Å²) in [7, 11) is 0. The molecule has 3 amide bonds. The highest BCUT2D eigenvalue weighted by Crippen LogP contribution is 2.25. The number of thiol groups is 1. The SMILES string of the molecule is C=CCN(C(=O)C(CS)NC(=O)OC(C)(C)C)C(C(=O)NC(C)C)c1cccc(O)c1. The Morgan fingerprint density at radius 1 is 1.26 bits per heavy atom. The van der Waals surface area contributed by atoms with Crippen LogP contribution >= 0.6 is 12.6 Å². The number of rotatable bonds is 9. The summed E-state index contributed by atoms with van der Waals surface area (Å²) < 4.78 is 5.23. The summed E-state index contributed by atoms with van der Waals surface area (Å²) in [5, 5.41) is 15.2. The van der Waals surface area contributed by atoms with E-state index in [2.05, 4.69) is 29.8 Å². The van der Waals surface area contributed by atoms with Gasteiger partial charge >= 0.3 is 6.09 Å². The monoisotopic (exact) mass is 451 g/mol. The van der Waals surface area contributed by atoms with Crippen molar-refractivity contribution in [2.45, 2.75) is 58.3 Å². The number of amides is 3. The van der Waals surface area contributed by atoms with Gasteiger partial charge in [0, 0.05) is 18.3 Å². The third-order valence-electron chi connectivity index (χ3n) is 3.96. The Morgan fingerprint density at radius 3 is 2.39 bits per heavy atom. The number of hydrogen-bond acceptors (Lipinski definition) is 6. The van der Waals surface area contributed by atoms with Crippen LogP contribution in [0.4, 0.5) is 4.79 Å². The summed E-state index contributed by atoms with van der Waals surface area (Å²) in [5.41, 5.74) is -0.320. The smallest absolute Gasteiger partial charge is 0.408 e. The highest BCUT2D eigenvalue weighted by molar-refractivity contribution is 7.80. The highest BCUT2D eigenvalue weighted by Gasteiger charge is 2.35. The van der Waals surface area contributed by atoms with Crippen LogP contribution in [0.5, 0.6) is 5.75 Å². The van der Waals surface area contributed by atoms with Crippen LogP contribution in [0.3, 0.4) is 0 Å². The number of carbonyl (C=O) groups excluding carboxylic acids is 3. The lowest BCUT2D eigenvalue weighted by molar-refractivity contribution is -0.141. The molecular weight excluding hydrogens is 418 g/mol. The molecule has 0 saturated heterocycles. The van der Waals surface area contributed by atoms with E-state index >= 15 is 0 Å². The van der Waals surface area contributed by atoms with Crippen molar-refractivity contribution in [3.05, 3.63) is 42.5 Å². The van der Waals surface area contributed by atoms with Crippen LogP contribution in [0.1, 0.15) is 46.2 Å². The molecule has 2 atom stereocenters. The fourth-order valence-electron chi connectivity index (χ4n) is 2.83. The fraction of sp³-hybridized carbons (Fsp3) is 0.500. The Bertz CT molecular complexity index is 792. The molecule has 0 spiro atoms. The van der Waals surface area contributed by atoms with Crippen molar-refractivity contribution >= 4 is 30.5 Å². The van der Waals surface area contributed by atoms with Crippen molar-refractivity contribution in [1.29, 1.82) is 0 Å². The van der Waals surface area contributed by atoms with Gasteiger partial charge in [-0.2, -0.15) is 12.6 Å². The third kappa shape index (κ3) is 8.53. The maximum Gasteiger partial charge on any atom is 0.408 e. The van der Waals surface area contributed by atoms with E-state index in [9.17, 15) is 19.5 Å². The second-order valence-electron chi connectivity index (χ2n) is 8.32. The van der Waals surface area contributed by atoms with Crippen LogP contribution in [0.2, 0.25) is 0 Å². The second-order valence-corrected chi connectivity index (χ2v) is 8.69. The standard InChI is InChI=1S/C22H33N3O5S/c1-7-11-25(20(28)17(13-31)24-21(29)30-22(4,5)6)18(19(27)23-14(2)3)15-9-8-10-16(26)12-15/h7-10,12,14,17-18,26,31H,1,11,13H2,2-6H3,(H,23,27)(H,24,29). The van der Waals surface area contributed by atoms with Gasteiger partial charge in [-0.25, -0.2) is 4.79 Å². The van der Waals surface area contributed by atoms with E-state index in [0.717, 1.165) is 0 Å².